The molecule has 0 spiro atoms. The van der Waals surface area contributed by atoms with Crippen molar-refractivity contribution in [1.29, 1.82) is 0 Å². The van der Waals surface area contributed by atoms with Gasteiger partial charge in [0.1, 0.15) is 0 Å². The molecule has 0 N–H and O–H groups in total. The lowest BCUT2D eigenvalue weighted by atomic mass is 9.85. The van der Waals surface area contributed by atoms with Gasteiger partial charge in [0.2, 0.25) is 0 Å². The first-order valence-electron chi connectivity index (χ1n) is 6.60. The van der Waals surface area contributed by atoms with Gasteiger partial charge in [-0.15, -0.1) is 0 Å². The molecule has 3 aromatic rings. The van der Waals surface area contributed by atoms with Crippen LogP contribution in [-0.2, 0) is 0 Å². The Morgan fingerprint density at radius 2 is 0.650 bits per heavy atom. The zero-order valence-corrected chi connectivity index (χ0v) is 10.7. The molecule has 0 bridgehead atoms. The van der Waals surface area contributed by atoms with Gasteiger partial charge in [0.25, 0.3) is 0 Å². The quantitative estimate of drug-likeness (QED) is 0.545. The minimum atomic E-state index is 0. The summed E-state index contributed by atoms with van der Waals surface area (Å²) in [4.78, 5) is 0. The first kappa shape index (κ1) is 14.1. The standard InChI is InChI=1S/C19H16.CH4/c1-4-10-16(11-5-1)19(17-12-6-2-7-13-17)18-14-8-3-9-15-18;/h1-15,19H;1H4. The highest BCUT2D eigenvalue weighted by Crippen LogP contribution is 2.31. The average molecular weight is 260 g/mol. The molecule has 20 heavy (non-hydrogen) atoms. The smallest absolute Gasteiger partial charge is 0.0339 e. The van der Waals surface area contributed by atoms with Gasteiger partial charge in [0.15, 0.2) is 0 Å². The summed E-state index contributed by atoms with van der Waals surface area (Å²) in [6.07, 6.45) is 0. The lowest BCUT2D eigenvalue weighted by molar-refractivity contribution is 0.977. The first-order chi connectivity index (χ1) is 9.45. The fraction of sp³-hybridized carbons (Fsp3) is 0.100. The Morgan fingerprint density at radius 3 is 0.900 bits per heavy atom. The van der Waals surface area contributed by atoms with Crippen LogP contribution in [0.2, 0.25) is 0 Å². The molecule has 0 unspecified atom stereocenters. The van der Waals surface area contributed by atoms with E-state index in [4.69, 9.17) is 0 Å². The predicted octanol–water partition coefficient (Wildman–Crippen LogP) is 5.50. The van der Waals surface area contributed by atoms with Gasteiger partial charge in [-0.3, -0.25) is 0 Å². The van der Waals surface area contributed by atoms with E-state index >= 15 is 0 Å². The summed E-state index contributed by atoms with van der Waals surface area (Å²) in [5.74, 6) is 0.309. The Hall–Kier alpha value is -2.34. The fourth-order valence-corrected chi connectivity index (χ4v) is 2.51. The van der Waals surface area contributed by atoms with Crippen LogP contribution >= 0.6 is 0 Å². The molecule has 0 radical (unpaired) electrons. The molecule has 0 heteroatoms. The van der Waals surface area contributed by atoms with E-state index in [1.54, 1.807) is 0 Å². The lowest BCUT2D eigenvalue weighted by Crippen LogP contribution is -2.02. The van der Waals surface area contributed by atoms with E-state index in [1.165, 1.54) is 16.7 Å². The Labute approximate surface area is 121 Å². The van der Waals surface area contributed by atoms with Crippen molar-refractivity contribution in [2.75, 3.05) is 0 Å². The van der Waals surface area contributed by atoms with Crippen LogP contribution in [0.5, 0.6) is 0 Å². The normalized spacial score (nSPS) is 10.1. The second-order valence-electron chi connectivity index (χ2n) is 4.67. The molecule has 3 rings (SSSR count). The van der Waals surface area contributed by atoms with Crippen molar-refractivity contribution in [1.82, 2.24) is 0 Å². The summed E-state index contributed by atoms with van der Waals surface area (Å²) in [5, 5.41) is 0. The molecule has 0 nitrogen and oxygen atoms in total. The molecular formula is C20H20. The first-order valence-corrected chi connectivity index (χ1v) is 6.60. The van der Waals surface area contributed by atoms with Crippen LogP contribution in [0.25, 0.3) is 0 Å². The van der Waals surface area contributed by atoms with E-state index in [2.05, 4.69) is 91.0 Å². The third-order valence-corrected chi connectivity index (χ3v) is 3.40. The van der Waals surface area contributed by atoms with Gasteiger partial charge in [-0.05, 0) is 16.7 Å². The zero-order chi connectivity index (χ0) is 12.9. The van der Waals surface area contributed by atoms with Gasteiger partial charge in [-0.2, -0.15) is 0 Å². The Kier molecular flexibility index (Phi) is 4.73. The Balaban J connectivity index is 0.00000147. The molecule has 0 aliphatic carbocycles. The van der Waals surface area contributed by atoms with Crippen molar-refractivity contribution in [3.63, 3.8) is 0 Å². The zero-order valence-electron chi connectivity index (χ0n) is 10.7. The third-order valence-electron chi connectivity index (χ3n) is 3.40. The number of benzene rings is 3. The Bertz CT molecular complexity index is 518. The van der Waals surface area contributed by atoms with Crippen LogP contribution in [0, 0.1) is 0 Å². The molecule has 0 saturated heterocycles. The summed E-state index contributed by atoms with van der Waals surface area (Å²) in [6.45, 7) is 0. The van der Waals surface area contributed by atoms with Gasteiger partial charge >= 0.3 is 0 Å². The predicted molar refractivity (Wildman–Crippen MR) is 87.0 cm³/mol. The minimum absolute atomic E-state index is 0. The number of hydrogen-bond acceptors (Lipinski definition) is 0. The van der Waals surface area contributed by atoms with Gasteiger partial charge < -0.3 is 0 Å². The molecule has 0 amide bonds. The maximum Gasteiger partial charge on any atom is 0.0339 e. The van der Waals surface area contributed by atoms with Crippen molar-refractivity contribution in [3.05, 3.63) is 108 Å². The molecule has 0 aliphatic rings. The van der Waals surface area contributed by atoms with E-state index in [-0.39, 0.29) is 7.43 Å². The van der Waals surface area contributed by atoms with Crippen molar-refractivity contribution in [2.45, 2.75) is 13.3 Å². The van der Waals surface area contributed by atoms with Crippen LogP contribution in [-0.4, -0.2) is 0 Å². The monoisotopic (exact) mass is 260 g/mol. The van der Waals surface area contributed by atoms with E-state index in [1.807, 2.05) is 0 Å². The minimum Gasteiger partial charge on any atom is -0.0776 e. The largest absolute Gasteiger partial charge is 0.0776 e. The lowest BCUT2D eigenvalue weighted by Gasteiger charge is -2.18. The van der Waals surface area contributed by atoms with E-state index < -0.39 is 0 Å². The maximum atomic E-state index is 2.20. The van der Waals surface area contributed by atoms with Crippen molar-refractivity contribution in [2.24, 2.45) is 0 Å². The molecule has 0 heterocycles. The highest BCUT2D eigenvalue weighted by Gasteiger charge is 2.15. The molecule has 100 valence electrons. The molecule has 3 aromatic carbocycles. The summed E-state index contributed by atoms with van der Waals surface area (Å²) >= 11 is 0. The molecule has 0 aromatic heterocycles. The topological polar surface area (TPSA) is 0 Å². The van der Waals surface area contributed by atoms with Gasteiger partial charge in [-0.1, -0.05) is 98.4 Å². The van der Waals surface area contributed by atoms with Crippen molar-refractivity contribution < 1.29 is 0 Å². The highest BCUT2D eigenvalue weighted by atomic mass is 14.2. The fourth-order valence-electron chi connectivity index (χ4n) is 2.51. The Morgan fingerprint density at radius 1 is 0.400 bits per heavy atom. The van der Waals surface area contributed by atoms with E-state index in [0.29, 0.717) is 5.92 Å². The van der Waals surface area contributed by atoms with Crippen LogP contribution in [0.3, 0.4) is 0 Å². The average Bonchev–Trinajstić information content (AvgIpc) is 2.51. The second-order valence-corrected chi connectivity index (χ2v) is 4.67. The SMILES string of the molecule is C.c1ccc(C(c2ccccc2)c2ccccc2)cc1. The third kappa shape index (κ3) is 2.97. The number of hydrogen-bond donors (Lipinski definition) is 0. The van der Waals surface area contributed by atoms with Gasteiger partial charge in [0, 0.05) is 5.92 Å². The molecule has 0 saturated carbocycles. The van der Waals surface area contributed by atoms with Crippen LogP contribution in [0.1, 0.15) is 30.0 Å². The second kappa shape index (κ2) is 6.72. The van der Waals surface area contributed by atoms with Gasteiger partial charge in [-0.25, -0.2) is 0 Å². The highest BCUT2D eigenvalue weighted by molar-refractivity contribution is 5.42. The summed E-state index contributed by atoms with van der Waals surface area (Å²) < 4.78 is 0. The van der Waals surface area contributed by atoms with Crippen LogP contribution < -0.4 is 0 Å². The molecular weight excluding hydrogens is 240 g/mol. The maximum absolute atomic E-state index is 2.20. The van der Waals surface area contributed by atoms with Crippen molar-refractivity contribution in [3.8, 4) is 0 Å². The molecule has 0 atom stereocenters. The summed E-state index contributed by atoms with van der Waals surface area (Å²) in [5.41, 5.74) is 4.00. The van der Waals surface area contributed by atoms with Gasteiger partial charge in [0.05, 0.1) is 0 Å². The van der Waals surface area contributed by atoms with E-state index in [9.17, 15) is 0 Å². The van der Waals surface area contributed by atoms with Crippen LogP contribution in [0.4, 0.5) is 0 Å². The van der Waals surface area contributed by atoms with Crippen LogP contribution in [0.15, 0.2) is 91.0 Å². The molecule has 0 aliphatic heterocycles. The molecule has 0 fully saturated rings. The summed E-state index contributed by atoms with van der Waals surface area (Å²) in [6, 6.07) is 32.0. The number of rotatable bonds is 3. The van der Waals surface area contributed by atoms with E-state index in [0.717, 1.165) is 0 Å². The van der Waals surface area contributed by atoms with Crippen molar-refractivity contribution >= 4 is 0 Å². The summed E-state index contributed by atoms with van der Waals surface area (Å²) in [7, 11) is 0.